The minimum absolute atomic E-state index is 0.250. The molecule has 2 aliphatic heterocycles. The number of carbonyl (C=O) groups excluding carboxylic acids is 2. The van der Waals surface area contributed by atoms with Gasteiger partial charge in [-0.3, -0.25) is 9.59 Å². The summed E-state index contributed by atoms with van der Waals surface area (Å²) in [6, 6.07) is 5.21. The molecule has 1 saturated carbocycles. The maximum Gasteiger partial charge on any atom is 0.225 e. The zero-order chi connectivity index (χ0) is 25.9. The van der Waals surface area contributed by atoms with Crippen LogP contribution < -0.4 is 0 Å². The second kappa shape index (κ2) is 14.7. The van der Waals surface area contributed by atoms with Crippen molar-refractivity contribution in [3.8, 4) is 0 Å². The SMILES string of the molecule is CCO.C[Si]1(C)CCN(C(=O)C2CC=CCC2)CC1.C[Si]1(C)CCN(C(=O)C2CCCCC2)CC1. The molecule has 0 aromatic rings. The van der Waals surface area contributed by atoms with Crippen LogP contribution in [0.15, 0.2) is 12.2 Å². The van der Waals surface area contributed by atoms with E-state index in [2.05, 4.69) is 48.1 Å². The third kappa shape index (κ3) is 10.5. The minimum atomic E-state index is -0.935. The highest BCUT2D eigenvalue weighted by Gasteiger charge is 2.33. The van der Waals surface area contributed by atoms with Crippen molar-refractivity contribution in [3.63, 3.8) is 0 Å². The van der Waals surface area contributed by atoms with Crippen molar-refractivity contribution in [3.05, 3.63) is 12.2 Å². The van der Waals surface area contributed by atoms with Crippen molar-refractivity contribution in [1.82, 2.24) is 9.80 Å². The third-order valence-electron chi connectivity index (χ3n) is 8.43. The first-order valence-electron chi connectivity index (χ1n) is 14.4. The molecule has 0 bridgehead atoms. The Morgan fingerprint density at radius 1 is 0.743 bits per heavy atom. The Morgan fingerprint density at radius 2 is 1.17 bits per heavy atom. The van der Waals surface area contributed by atoms with Gasteiger partial charge in [-0.15, -0.1) is 0 Å². The highest BCUT2D eigenvalue weighted by Crippen LogP contribution is 2.29. The number of carbonyl (C=O) groups is 2. The van der Waals surface area contributed by atoms with Gasteiger partial charge in [-0.05, 0) is 63.2 Å². The van der Waals surface area contributed by atoms with E-state index < -0.39 is 16.1 Å². The van der Waals surface area contributed by atoms with Crippen molar-refractivity contribution in [2.45, 2.75) is 109 Å². The number of rotatable bonds is 2. The molecule has 1 unspecified atom stereocenters. The second-order valence-electron chi connectivity index (χ2n) is 12.6. The van der Waals surface area contributed by atoms with Crippen LogP contribution in [-0.2, 0) is 9.59 Å². The quantitative estimate of drug-likeness (QED) is 0.357. The van der Waals surface area contributed by atoms with E-state index in [9.17, 15) is 9.59 Å². The molecule has 2 saturated heterocycles. The molecule has 0 aromatic heterocycles. The summed E-state index contributed by atoms with van der Waals surface area (Å²) in [4.78, 5) is 28.9. The minimum Gasteiger partial charge on any atom is -0.397 e. The fourth-order valence-electron chi connectivity index (χ4n) is 5.55. The molecule has 2 heterocycles. The molecule has 1 N–H and O–H groups in total. The largest absolute Gasteiger partial charge is 0.397 e. The van der Waals surface area contributed by atoms with Gasteiger partial charge in [0, 0.05) is 44.6 Å². The van der Waals surface area contributed by atoms with Gasteiger partial charge in [0.2, 0.25) is 11.8 Å². The fraction of sp³-hybridized carbons (Fsp3) is 0.857. The zero-order valence-electron chi connectivity index (χ0n) is 23.5. The topological polar surface area (TPSA) is 60.9 Å². The highest BCUT2D eigenvalue weighted by molar-refractivity contribution is 6.78. The second-order valence-corrected chi connectivity index (χ2v) is 23.3. The smallest absolute Gasteiger partial charge is 0.225 e. The van der Waals surface area contributed by atoms with E-state index in [4.69, 9.17) is 5.11 Å². The molecule has 2 amide bonds. The summed E-state index contributed by atoms with van der Waals surface area (Å²) in [7, 11) is -1.86. The molecular weight excluding hydrogens is 468 g/mol. The van der Waals surface area contributed by atoms with E-state index in [1.165, 1.54) is 43.4 Å². The van der Waals surface area contributed by atoms with Gasteiger partial charge in [-0.25, -0.2) is 0 Å². The molecule has 4 aliphatic rings. The van der Waals surface area contributed by atoms with Crippen LogP contribution in [0.5, 0.6) is 0 Å². The van der Waals surface area contributed by atoms with E-state index in [1.807, 2.05) is 0 Å². The third-order valence-corrected chi connectivity index (χ3v) is 14.7. The summed E-state index contributed by atoms with van der Waals surface area (Å²) < 4.78 is 0. The van der Waals surface area contributed by atoms with Crippen molar-refractivity contribution in [2.75, 3.05) is 32.8 Å². The van der Waals surface area contributed by atoms with Crippen molar-refractivity contribution >= 4 is 28.0 Å². The Balaban J connectivity index is 0.000000222. The number of amides is 2. The highest BCUT2D eigenvalue weighted by atomic mass is 28.3. The maximum atomic E-state index is 12.3. The molecular formula is C28H54N2O3Si2. The number of aliphatic hydroxyl groups excluding tert-OH is 1. The van der Waals surface area contributed by atoms with E-state index >= 15 is 0 Å². The summed E-state index contributed by atoms with van der Waals surface area (Å²) in [5.74, 6) is 1.56. The Morgan fingerprint density at radius 3 is 1.57 bits per heavy atom. The number of hydrogen-bond acceptors (Lipinski definition) is 3. The van der Waals surface area contributed by atoms with Crippen LogP contribution >= 0.6 is 0 Å². The number of nitrogens with zero attached hydrogens (tertiary/aromatic N) is 2. The lowest BCUT2D eigenvalue weighted by Gasteiger charge is -2.38. The van der Waals surface area contributed by atoms with Crippen LogP contribution in [0.4, 0.5) is 0 Å². The van der Waals surface area contributed by atoms with Gasteiger partial charge < -0.3 is 14.9 Å². The Kier molecular flexibility index (Phi) is 12.7. The molecule has 0 spiro atoms. The first kappa shape index (κ1) is 30.3. The number of aliphatic hydroxyl groups is 1. The molecule has 0 aromatic carbocycles. The van der Waals surface area contributed by atoms with E-state index in [-0.39, 0.29) is 12.5 Å². The fourth-order valence-corrected chi connectivity index (χ4v) is 9.55. The summed E-state index contributed by atoms with van der Waals surface area (Å²) in [6.07, 6.45) is 13.7. The van der Waals surface area contributed by atoms with Gasteiger partial charge in [0.05, 0.1) is 16.1 Å². The maximum absolute atomic E-state index is 12.3. The van der Waals surface area contributed by atoms with Crippen molar-refractivity contribution < 1.29 is 14.7 Å². The summed E-state index contributed by atoms with van der Waals surface area (Å²) in [5, 5.41) is 7.57. The first-order chi connectivity index (χ1) is 16.6. The predicted molar refractivity (Wildman–Crippen MR) is 153 cm³/mol. The molecule has 5 nitrogen and oxygen atoms in total. The van der Waals surface area contributed by atoms with Crippen LogP contribution in [0, 0.1) is 11.8 Å². The standard InChI is InChI=1S/C13H25NOSi.C13H23NOSi.C2H6O/c2*1-16(2)10-8-14(9-11-16)13(15)12-6-4-3-5-7-12;1-2-3/h12H,3-11H2,1-2H3;3-4,12H,5-11H2,1-2H3;3H,2H2,1H3. The molecule has 7 heteroatoms. The molecule has 4 rings (SSSR count). The molecule has 202 valence electrons. The van der Waals surface area contributed by atoms with Crippen LogP contribution in [-0.4, -0.2) is 75.7 Å². The zero-order valence-corrected chi connectivity index (χ0v) is 25.5. The molecule has 3 fully saturated rings. The molecule has 2 aliphatic carbocycles. The van der Waals surface area contributed by atoms with Crippen LogP contribution in [0.25, 0.3) is 0 Å². The number of allylic oxidation sites excluding steroid dienone is 2. The Labute approximate surface area is 217 Å². The van der Waals surface area contributed by atoms with E-state index in [1.54, 1.807) is 6.92 Å². The lowest BCUT2D eigenvalue weighted by Crippen LogP contribution is -2.47. The van der Waals surface area contributed by atoms with Gasteiger partial charge in [0.1, 0.15) is 0 Å². The van der Waals surface area contributed by atoms with Crippen molar-refractivity contribution in [2.24, 2.45) is 11.8 Å². The molecule has 0 radical (unpaired) electrons. The van der Waals surface area contributed by atoms with E-state index in [0.29, 0.717) is 17.7 Å². The summed E-state index contributed by atoms with van der Waals surface area (Å²) in [6.45, 7) is 15.9. The van der Waals surface area contributed by atoms with Gasteiger partial charge >= 0.3 is 0 Å². The average molecular weight is 523 g/mol. The monoisotopic (exact) mass is 522 g/mol. The lowest BCUT2D eigenvalue weighted by molar-refractivity contribution is -0.136. The van der Waals surface area contributed by atoms with Crippen LogP contribution in [0.1, 0.15) is 58.3 Å². The number of hydrogen-bond donors (Lipinski definition) is 1. The summed E-state index contributed by atoms with van der Waals surface area (Å²) in [5.41, 5.74) is 0. The van der Waals surface area contributed by atoms with Gasteiger partial charge in [0.25, 0.3) is 0 Å². The average Bonchev–Trinajstić information content (AvgIpc) is 2.85. The Hall–Kier alpha value is -0.926. The van der Waals surface area contributed by atoms with Gasteiger partial charge in [-0.2, -0.15) is 0 Å². The lowest BCUT2D eigenvalue weighted by atomic mass is 9.88. The Bertz CT molecular complexity index is 670. The normalized spacial score (nSPS) is 26.1. The predicted octanol–water partition coefficient (Wildman–Crippen LogP) is 6.01. The molecule has 35 heavy (non-hydrogen) atoms. The van der Waals surface area contributed by atoms with Crippen LogP contribution in [0.3, 0.4) is 0 Å². The first-order valence-corrected chi connectivity index (χ1v) is 21.2. The van der Waals surface area contributed by atoms with E-state index in [0.717, 1.165) is 58.3 Å². The molecule has 1 atom stereocenters. The van der Waals surface area contributed by atoms with Crippen LogP contribution in [0.2, 0.25) is 50.4 Å². The summed E-state index contributed by atoms with van der Waals surface area (Å²) >= 11 is 0. The van der Waals surface area contributed by atoms with Crippen molar-refractivity contribution in [1.29, 1.82) is 0 Å². The van der Waals surface area contributed by atoms with Gasteiger partial charge in [0.15, 0.2) is 0 Å². The van der Waals surface area contributed by atoms with Gasteiger partial charge in [-0.1, -0.05) is 57.6 Å².